The lowest BCUT2D eigenvalue weighted by Crippen LogP contribution is -2.22. The van der Waals surface area contributed by atoms with E-state index in [1.807, 2.05) is 31.0 Å². The zero-order chi connectivity index (χ0) is 18.7. The topological polar surface area (TPSA) is 89.7 Å². The van der Waals surface area contributed by atoms with Crippen molar-refractivity contribution in [1.82, 2.24) is 19.8 Å². The normalized spacial score (nSPS) is 11.7. The van der Waals surface area contributed by atoms with Crippen LogP contribution in [0.5, 0.6) is 5.75 Å². The molecule has 1 aromatic carbocycles. The number of hydrogen-bond donors (Lipinski definition) is 0. The summed E-state index contributed by atoms with van der Waals surface area (Å²) >= 11 is 0. The molecule has 0 fully saturated rings. The van der Waals surface area contributed by atoms with Crippen LogP contribution in [0.15, 0.2) is 41.3 Å². The molecule has 0 bridgehead atoms. The second-order valence-corrected chi connectivity index (χ2v) is 8.09. The van der Waals surface area contributed by atoms with Crippen molar-refractivity contribution in [3.8, 4) is 5.75 Å². The molecule has 0 amide bonds. The van der Waals surface area contributed by atoms with Crippen LogP contribution in [0.2, 0.25) is 0 Å². The van der Waals surface area contributed by atoms with Crippen LogP contribution in [0.4, 0.5) is 5.82 Å². The molecule has 0 aliphatic rings. The Labute approximate surface area is 152 Å². The monoisotopic (exact) mass is 375 g/mol. The Bertz CT molecular complexity index is 999. The van der Waals surface area contributed by atoms with Gasteiger partial charge in [0.2, 0.25) is 0 Å². The van der Waals surface area contributed by atoms with Crippen LogP contribution in [0.25, 0.3) is 5.65 Å². The maximum Gasteiger partial charge on any atom is 0.178 e. The Balaban J connectivity index is 1.51. The standard InChI is InChI=1S/C17H21N5O3S/c1-13-18-19-16-9-10-17(20-22(13)16)21(2)11-4-12-25-14-5-7-15(8-6-14)26(3,23)24/h5-10H,4,11-12H2,1-3H3. The fourth-order valence-electron chi connectivity index (χ4n) is 2.48. The molecule has 0 unspecified atom stereocenters. The molecule has 26 heavy (non-hydrogen) atoms. The van der Waals surface area contributed by atoms with Gasteiger partial charge >= 0.3 is 0 Å². The van der Waals surface area contributed by atoms with Crippen LogP contribution in [0.3, 0.4) is 0 Å². The van der Waals surface area contributed by atoms with Crippen molar-refractivity contribution in [3.05, 3.63) is 42.2 Å². The van der Waals surface area contributed by atoms with Crippen molar-refractivity contribution in [2.24, 2.45) is 0 Å². The van der Waals surface area contributed by atoms with Crippen molar-refractivity contribution >= 4 is 21.3 Å². The summed E-state index contributed by atoms with van der Waals surface area (Å²) in [6.45, 7) is 3.15. The third-order valence-electron chi connectivity index (χ3n) is 3.95. The van der Waals surface area contributed by atoms with Crippen LogP contribution in [0.1, 0.15) is 12.2 Å². The van der Waals surface area contributed by atoms with Gasteiger partial charge in [-0.05, 0) is 49.7 Å². The van der Waals surface area contributed by atoms with E-state index in [0.29, 0.717) is 12.4 Å². The van der Waals surface area contributed by atoms with E-state index in [9.17, 15) is 8.42 Å². The van der Waals surface area contributed by atoms with E-state index in [2.05, 4.69) is 15.3 Å². The Kier molecular flexibility index (Phi) is 5.08. The summed E-state index contributed by atoms with van der Waals surface area (Å²) in [4.78, 5) is 2.32. The first-order valence-corrected chi connectivity index (χ1v) is 10.1. The summed E-state index contributed by atoms with van der Waals surface area (Å²) < 4.78 is 30.3. The second kappa shape index (κ2) is 7.28. The van der Waals surface area contributed by atoms with Gasteiger partial charge in [0, 0.05) is 19.8 Å². The molecule has 0 aliphatic carbocycles. The molecule has 0 atom stereocenters. The summed E-state index contributed by atoms with van der Waals surface area (Å²) in [7, 11) is -1.21. The molecule has 0 spiro atoms. The zero-order valence-corrected chi connectivity index (χ0v) is 15.8. The maximum absolute atomic E-state index is 11.4. The Hall–Kier alpha value is -2.68. The van der Waals surface area contributed by atoms with Crippen molar-refractivity contribution in [3.63, 3.8) is 0 Å². The molecule has 3 aromatic rings. The van der Waals surface area contributed by atoms with Gasteiger partial charge in [0.05, 0.1) is 11.5 Å². The Morgan fingerprint density at radius 1 is 1.12 bits per heavy atom. The quantitative estimate of drug-likeness (QED) is 0.581. The molecule has 8 nitrogen and oxygen atoms in total. The van der Waals surface area contributed by atoms with Gasteiger partial charge in [0.25, 0.3) is 0 Å². The molecular formula is C17H21N5O3S. The SMILES string of the molecule is Cc1nnc2ccc(N(C)CCCOc3ccc(S(C)(=O)=O)cc3)nn12. The lowest BCUT2D eigenvalue weighted by Gasteiger charge is -2.18. The number of sulfone groups is 1. The van der Waals surface area contributed by atoms with E-state index < -0.39 is 9.84 Å². The van der Waals surface area contributed by atoms with Crippen LogP contribution in [-0.4, -0.2) is 54.7 Å². The van der Waals surface area contributed by atoms with Gasteiger partial charge in [-0.2, -0.15) is 4.52 Å². The maximum atomic E-state index is 11.4. The minimum atomic E-state index is -3.18. The van der Waals surface area contributed by atoms with Gasteiger partial charge in [-0.3, -0.25) is 0 Å². The molecule has 0 saturated carbocycles. The Morgan fingerprint density at radius 3 is 2.54 bits per heavy atom. The van der Waals surface area contributed by atoms with E-state index in [1.54, 1.807) is 28.8 Å². The molecule has 0 N–H and O–H groups in total. The van der Waals surface area contributed by atoms with Gasteiger partial charge in [-0.15, -0.1) is 15.3 Å². The number of nitrogens with zero attached hydrogens (tertiary/aromatic N) is 5. The summed E-state index contributed by atoms with van der Waals surface area (Å²) in [5, 5.41) is 12.5. The second-order valence-electron chi connectivity index (χ2n) is 6.08. The smallest absolute Gasteiger partial charge is 0.178 e. The van der Waals surface area contributed by atoms with Gasteiger partial charge in [-0.25, -0.2) is 8.42 Å². The number of aryl methyl sites for hydroxylation is 1. The third-order valence-corrected chi connectivity index (χ3v) is 5.08. The van der Waals surface area contributed by atoms with Crippen molar-refractivity contribution in [2.45, 2.75) is 18.2 Å². The van der Waals surface area contributed by atoms with E-state index in [0.717, 1.165) is 30.3 Å². The minimum absolute atomic E-state index is 0.287. The van der Waals surface area contributed by atoms with Crippen LogP contribution >= 0.6 is 0 Å². The minimum Gasteiger partial charge on any atom is -0.494 e. The summed E-state index contributed by atoms with van der Waals surface area (Å²) in [6, 6.07) is 10.2. The lowest BCUT2D eigenvalue weighted by atomic mass is 10.3. The highest BCUT2D eigenvalue weighted by atomic mass is 32.2. The predicted octanol–water partition coefficient (Wildman–Crippen LogP) is 1.74. The first-order valence-electron chi connectivity index (χ1n) is 8.18. The van der Waals surface area contributed by atoms with E-state index >= 15 is 0 Å². The van der Waals surface area contributed by atoms with Crippen LogP contribution in [-0.2, 0) is 9.84 Å². The average Bonchev–Trinajstić information content (AvgIpc) is 2.99. The van der Waals surface area contributed by atoms with E-state index in [-0.39, 0.29) is 4.90 Å². The fourth-order valence-corrected chi connectivity index (χ4v) is 3.11. The number of rotatable bonds is 7. The van der Waals surface area contributed by atoms with Crippen LogP contribution < -0.4 is 9.64 Å². The zero-order valence-electron chi connectivity index (χ0n) is 15.0. The molecule has 0 saturated heterocycles. The number of aromatic nitrogens is 4. The molecular weight excluding hydrogens is 354 g/mol. The number of ether oxygens (including phenoxy) is 1. The van der Waals surface area contributed by atoms with Gasteiger partial charge in [-0.1, -0.05) is 0 Å². The third kappa shape index (κ3) is 4.10. The molecule has 0 radical (unpaired) electrons. The highest BCUT2D eigenvalue weighted by Gasteiger charge is 2.08. The van der Waals surface area contributed by atoms with Crippen molar-refractivity contribution in [2.75, 3.05) is 31.4 Å². The number of anilines is 1. The Morgan fingerprint density at radius 2 is 1.85 bits per heavy atom. The van der Waals surface area contributed by atoms with Gasteiger partial charge < -0.3 is 9.64 Å². The summed E-state index contributed by atoms with van der Waals surface area (Å²) in [6.07, 6.45) is 1.98. The van der Waals surface area contributed by atoms with E-state index in [4.69, 9.17) is 4.74 Å². The van der Waals surface area contributed by atoms with E-state index in [1.165, 1.54) is 6.26 Å². The van der Waals surface area contributed by atoms with Gasteiger partial charge in [0.15, 0.2) is 21.3 Å². The average molecular weight is 375 g/mol. The fraction of sp³-hybridized carbons (Fsp3) is 0.353. The largest absolute Gasteiger partial charge is 0.494 e. The first-order chi connectivity index (χ1) is 12.3. The van der Waals surface area contributed by atoms with Crippen molar-refractivity contribution in [1.29, 1.82) is 0 Å². The molecule has 138 valence electrons. The number of fused-ring (bicyclic) bond motifs is 1. The predicted molar refractivity (Wildman–Crippen MR) is 98.5 cm³/mol. The van der Waals surface area contributed by atoms with Crippen LogP contribution in [0, 0.1) is 6.92 Å². The highest BCUT2D eigenvalue weighted by Crippen LogP contribution is 2.16. The van der Waals surface area contributed by atoms with Crippen molar-refractivity contribution < 1.29 is 13.2 Å². The number of benzene rings is 1. The molecule has 3 rings (SSSR count). The lowest BCUT2D eigenvalue weighted by molar-refractivity contribution is 0.312. The molecule has 9 heteroatoms. The summed E-state index contributed by atoms with van der Waals surface area (Å²) in [5.74, 6) is 2.23. The first kappa shape index (κ1) is 18.1. The van der Waals surface area contributed by atoms with Gasteiger partial charge in [0.1, 0.15) is 11.6 Å². The summed E-state index contributed by atoms with van der Waals surface area (Å²) in [5.41, 5.74) is 0.723. The molecule has 2 heterocycles. The molecule has 2 aromatic heterocycles. The molecule has 0 aliphatic heterocycles. The number of hydrogen-bond acceptors (Lipinski definition) is 7. The highest BCUT2D eigenvalue weighted by molar-refractivity contribution is 7.90.